The van der Waals surface area contributed by atoms with Gasteiger partial charge in [-0.15, -0.1) is 0 Å². The average molecular weight is 1020 g/mol. The number of rotatable bonds is 32. The molecule has 11 amide bonds. The van der Waals surface area contributed by atoms with Crippen LogP contribution in [0.3, 0.4) is 0 Å². The van der Waals surface area contributed by atoms with Crippen LogP contribution in [0.15, 0.2) is 4.99 Å². The van der Waals surface area contributed by atoms with Gasteiger partial charge < -0.3 is 74.6 Å². The third-order valence-corrected chi connectivity index (χ3v) is 12.3. The quantitative estimate of drug-likeness (QED) is 0.0175. The second kappa shape index (κ2) is 32.4. The van der Waals surface area contributed by atoms with Crippen molar-refractivity contribution in [3.8, 4) is 0 Å². The Hall–Kier alpha value is -6.60. The first-order valence-electron chi connectivity index (χ1n) is 24.7. The van der Waals surface area contributed by atoms with Crippen molar-refractivity contribution in [2.24, 2.45) is 34.0 Å². The zero-order valence-corrected chi connectivity index (χ0v) is 43.4. The minimum absolute atomic E-state index is 0.0536. The highest BCUT2D eigenvalue weighted by atomic mass is 16.3. The van der Waals surface area contributed by atoms with Crippen LogP contribution in [0, 0.1) is 11.8 Å². The molecule has 0 radical (unpaired) electrons. The lowest BCUT2D eigenvalue weighted by Gasteiger charge is -2.32. The van der Waals surface area contributed by atoms with Crippen LogP contribution in [0.1, 0.15) is 120 Å². The molecule has 10 atom stereocenters. The molecule has 15 N–H and O–H groups in total. The van der Waals surface area contributed by atoms with E-state index in [9.17, 15) is 57.8 Å². The van der Waals surface area contributed by atoms with Gasteiger partial charge in [0, 0.05) is 40.0 Å². The molecule has 26 heteroatoms. The molecule has 0 aliphatic carbocycles. The van der Waals surface area contributed by atoms with E-state index in [0.29, 0.717) is 38.6 Å². The molecule has 0 saturated carbocycles. The summed E-state index contributed by atoms with van der Waals surface area (Å²) in [7, 11) is 1.39. The molecule has 0 spiro atoms. The second-order valence-electron chi connectivity index (χ2n) is 18.2. The third-order valence-electron chi connectivity index (χ3n) is 12.3. The lowest BCUT2D eigenvalue weighted by molar-refractivity contribution is -0.142. The van der Waals surface area contributed by atoms with Crippen LogP contribution in [-0.4, -0.2) is 174 Å². The van der Waals surface area contributed by atoms with Gasteiger partial charge in [-0.05, 0) is 64.2 Å². The van der Waals surface area contributed by atoms with Crippen LogP contribution >= 0.6 is 0 Å². The van der Waals surface area contributed by atoms with Crippen LogP contribution < -0.4 is 59.7 Å². The van der Waals surface area contributed by atoms with Gasteiger partial charge in [0.25, 0.3) is 0 Å². The van der Waals surface area contributed by atoms with Crippen LogP contribution in [0.4, 0.5) is 0 Å². The summed E-state index contributed by atoms with van der Waals surface area (Å²) in [6.45, 7) is 12.7. The molecule has 1 saturated heterocycles. The molecular weight excluding hydrogens is 941 g/mol. The molecule has 1 aliphatic heterocycles. The number of likely N-dealkylation sites (N-methyl/N-ethyl adjacent to an activating group) is 2. The zero-order chi connectivity index (χ0) is 54.8. The number of carbonyl (C=O) groups is 11. The Morgan fingerprint density at radius 3 is 1.71 bits per heavy atom. The van der Waals surface area contributed by atoms with Gasteiger partial charge in [-0.2, -0.15) is 0 Å². The number of hydrogen-bond donors (Lipinski definition) is 12. The summed E-state index contributed by atoms with van der Waals surface area (Å²) in [5.74, 6) is -9.02. The number of guanidine groups is 1. The first kappa shape index (κ1) is 63.4. The summed E-state index contributed by atoms with van der Waals surface area (Å²) in [5, 5.41) is 31.4. The summed E-state index contributed by atoms with van der Waals surface area (Å²) in [6, 6.07) is -8.85. The average Bonchev–Trinajstić information content (AvgIpc) is 3.82. The van der Waals surface area contributed by atoms with Crippen LogP contribution in [0.25, 0.3) is 0 Å². The molecule has 0 aromatic carbocycles. The first-order chi connectivity index (χ1) is 33.8. The Balaban J connectivity index is 3.35. The maximum atomic E-state index is 14.2. The number of nitrogens with two attached hydrogens (primary N) is 3. The fourth-order valence-corrected chi connectivity index (χ4v) is 7.56. The van der Waals surface area contributed by atoms with E-state index in [-0.39, 0.29) is 69.5 Å². The van der Waals surface area contributed by atoms with Crippen LogP contribution in [0.5, 0.6) is 0 Å². The molecule has 72 heavy (non-hydrogen) atoms. The molecule has 1 fully saturated rings. The first-order valence-corrected chi connectivity index (χ1v) is 24.7. The van der Waals surface area contributed by atoms with Gasteiger partial charge in [-0.25, -0.2) is 0 Å². The molecule has 1 rings (SSSR count). The number of hydrogen-bond acceptors (Lipinski definition) is 13. The lowest BCUT2D eigenvalue weighted by Crippen LogP contribution is -2.63. The highest BCUT2D eigenvalue weighted by Crippen LogP contribution is 2.21. The van der Waals surface area contributed by atoms with Crippen molar-refractivity contribution in [1.82, 2.24) is 52.3 Å². The molecule has 1 aliphatic rings. The van der Waals surface area contributed by atoms with E-state index in [0.717, 1.165) is 4.90 Å². The maximum absolute atomic E-state index is 14.2. The zero-order valence-electron chi connectivity index (χ0n) is 43.4. The highest BCUT2D eigenvalue weighted by molar-refractivity contribution is 5.98. The van der Waals surface area contributed by atoms with Crippen molar-refractivity contribution in [3.63, 3.8) is 0 Å². The summed E-state index contributed by atoms with van der Waals surface area (Å²) < 4.78 is 0. The Morgan fingerprint density at radius 2 is 1.21 bits per heavy atom. The Bertz CT molecular complexity index is 1910. The maximum Gasteiger partial charge on any atom is 0.245 e. The predicted molar refractivity (Wildman–Crippen MR) is 265 cm³/mol. The van der Waals surface area contributed by atoms with Crippen LogP contribution in [0.2, 0.25) is 0 Å². The van der Waals surface area contributed by atoms with E-state index in [1.807, 2.05) is 0 Å². The number of carbonyl (C=O) groups excluding carboxylic acids is 11. The van der Waals surface area contributed by atoms with Crippen molar-refractivity contribution in [2.75, 3.05) is 39.8 Å². The van der Waals surface area contributed by atoms with E-state index in [1.54, 1.807) is 41.5 Å². The number of likely N-dealkylation sites (tertiary alicyclic amines) is 1. The summed E-state index contributed by atoms with van der Waals surface area (Å²) in [6.07, 6.45) is 0.325. The van der Waals surface area contributed by atoms with Crippen molar-refractivity contribution < 1.29 is 57.8 Å². The summed E-state index contributed by atoms with van der Waals surface area (Å²) in [5.41, 5.74) is 16.3. The molecule has 26 nitrogen and oxygen atoms in total. The Morgan fingerprint density at radius 1 is 0.681 bits per heavy atom. The number of nitrogens with zero attached hydrogens (tertiary/aromatic N) is 3. The minimum Gasteiger partial charge on any atom is -0.391 e. The fraction of sp³-hybridized carbons (Fsp3) is 0.739. The molecule has 0 bridgehead atoms. The number of aliphatic hydroxyl groups excluding tert-OH is 1. The number of primary amides is 1. The number of amides is 11. The smallest absolute Gasteiger partial charge is 0.245 e. The predicted octanol–water partition coefficient (Wildman–Crippen LogP) is -3.79. The third kappa shape index (κ3) is 21.8. The van der Waals surface area contributed by atoms with Gasteiger partial charge in [-0.1, -0.05) is 53.9 Å². The second-order valence-corrected chi connectivity index (χ2v) is 18.2. The SMILES string of the molecule is CCC[C@H](NC(=O)[C@@H](NC(=O)[C@H](NC(=O)[C@H](CCC(N)=O)NC(=O)CNC(=O)CN(C)C(C)=O)[C@@H](C)CC)[C@H](C)O)C(=O)N[C@H](C(=O)N[C@@H](CCCN=C(N)N)C(=O)N1CCC[C@H]1C(=O)NCC)[C@@H](C)CC. The highest BCUT2D eigenvalue weighted by Gasteiger charge is 2.40. The Kier molecular flexibility index (Phi) is 28.5. The standard InChI is InChI=1S/C46H82N14O12/c1-10-16-29(39(66)56-36(25(5)11-2)42(69)55-31(17-14-21-51-46(48)49)45(72)60-22-15-18-32(60)41(68)50-13-4)54-44(71)38(27(7)61)58-43(70)37(26(6)12-3)57-40(67)30(19-20-33(47)63)53-34(64)23-52-35(65)24-59(9)28(8)62/h25-27,29-32,36-38,61H,10-24H2,1-9H3,(H2,47,63)(H,50,68)(H,52,65)(H,53,64)(H,54,71)(H,55,69)(H,56,66)(H,57,67)(H,58,70)(H4,48,49,51)/t25-,26-,27-,29-,30-,31-,32-,36-,37+,38-/m0/s1. The number of aliphatic imine (C=N–C) groups is 1. The fourth-order valence-electron chi connectivity index (χ4n) is 7.56. The van der Waals surface area contributed by atoms with Gasteiger partial charge >= 0.3 is 0 Å². The largest absolute Gasteiger partial charge is 0.391 e. The van der Waals surface area contributed by atoms with Gasteiger partial charge in [-0.3, -0.25) is 57.7 Å². The van der Waals surface area contributed by atoms with Gasteiger partial charge in [0.05, 0.1) is 19.2 Å². The topological polar surface area (TPSA) is 401 Å². The molecule has 408 valence electrons. The minimum atomic E-state index is -1.68. The van der Waals surface area contributed by atoms with Gasteiger partial charge in [0.2, 0.25) is 65.0 Å². The van der Waals surface area contributed by atoms with Crippen molar-refractivity contribution in [1.29, 1.82) is 0 Å². The van der Waals surface area contributed by atoms with Crippen molar-refractivity contribution in [2.45, 2.75) is 168 Å². The van der Waals surface area contributed by atoms with E-state index >= 15 is 0 Å². The van der Waals surface area contributed by atoms with Crippen LogP contribution in [-0.2, 0) is 52.7 Å². The van der Waals surface area contributed by atoms with E-state index in [2.05, 4.69) is 47.5 Å². The number of nitrogens with one attached hydrogen (secondary N) is 8. The van der Waals surface area contributed by atoms with Gasteiger partial charge in [0.1, 0.15) is 42.3 Å². The van der Waals surface area contributed by atoms with Crippen molar-refractivity contribution in [3.05, 3.63) is 0 Å². The molecule has 1 heterocycles. The Labute approximate surface area is 422 Å². The van der Waals surface area contributed by atoms with E-state index in [4.69, 9.17) is 17.2 Å². The number of aliphatic hydroxyl groups is 1. The monoisotopic (exact) mass is 1020 g/mol. The molecular formula is C46H82N14O12. The normalized spacial score (nSPS) is 16.8. The van der Waals surface area contributed by atoms with Gasteiger partial charge in [0.15, 0.2) is 5.96 Å². The van der Waals surface area contributed by atoms with E-state index < -0.39 is 120 Å². The molecule has 0 unspecified atom stereocenters. The summed E-state index contributed by atoms with van der Waals surface area (Å²) in [4.78, 5) is 152. The lowest BCUT2D eigenvalue weighted by atomic mass is 9.96. The molecule has 0 aromatic heterocycles. The molecule has 0 aromatic rings. The summed E-state index contributed by atoms with van der Waals surface area (Å²) >= 11 is 0. The van der Waals surface area contributed by atoms with Crippen molar-refractivity contribution >= 4 is 70.9 Å². The van der Waals surface area contributed by atoms with E-state index in [1.165, 1.54) is 25.8 Å².